The number of aromatic nitrogens is 1. The first-order valence-corrected chi connectivity index (χ1v) is 8.36. The van der Waals surface area contributed by atoms with Crippen molar-refractivity contribution >= 4 is 11.6 Å². The molecule has 0 bridgehead atoms. The third-order valence-electron chi connectivity index (χ3n) is 4.19. The maximum atomic E-state index is 14.0. The van der Waals surface area contributed by atoms with Crippen LogP contribution in [0.15, 0.2) is 47.3 Å². The molecule has 0 saturated carbocycles. The van der Waals surface area contributed by atoms with Crippen molar-refractivity contribution in [1.29, 1.82) is 0 Å². The maximum absolute atomic E-state index is 14.0. The van der Waals surface area contributed by atoms with Gasteiger partial charge in [-0.05, 0) is 55.8 Å². The Balaban J connectivity index is 2.45. The monoisotopic (exact) mass is 377 g/mol. The molecule has 0 amide bonds. The van der Waals surface area contributed by atoms with Crippen LogP contribution in [0.5, 0.6) is 0 Å². The predicted octanol–water partition coefficient (Wildman–Crippen LogP) is 5.58. The molecule has 0 saturated heterocycles. The second kappa shape index (κ2) is 7.00. The van der Waals surface area contributed by atoms with Crippen molar-refractivity contribution in [2.75, 3.05) is 0 Å². The molecule has 0 spiro atoms. The first kappa shape index (κ1) is 18.3. The Hall–Kier alpha value is -2.53. The Morgan fingerprint density at radius 3 is 2.23 bits per heavy atom. The maximum Gasteiger partial charge on any atom is 0.253 e. The van der Waals surface area contributed by atoms with Crippen LogP contribution in [-0.2, 0) is 6.54 Å². The number of rotatable bonds is 3. The SMILES string of the molecule is CCn1c(-c2ccc(F)cc2)c(-c2cc(F)cc(F)c2Cl)cc(C)c1=O. The van der Waals surface area contributed by atoms with Crippen LogP contribution in [0, 0.1) is 24.4 Å². The largest absolute Gasteiger partial charge is 0.308 e. The van der Waals surface area contributed by atoms with Gasteiger partial charge in [0.2, 0.25) is 0 Å². The van der Waals surface area contributed by atoms with Gasteiger partial charge in [-0.1, -0.05) is 11.6 Å². The van der Waals surface area contributed by atoms with E-state index in [0.717, 1.165) is 6.07 Å². The van der Waals surface area contributed by atoms with E-state index >= 15 is 0 Å². The lowest BCUT2D eigenvalue weighted by atomic mass is 9.97. The molecule has 2 aromatic carbocycles. The lowest BCUT2D eigenvalue weighted by Gasteiger charge is -2.19. The predicted molar refractivity (Wildman–Crippen MR) is 96.9 cm³/mol. The normalized spacial score (nSPS) is 11.0. The van der Waals surface area contributed by atoms with Crippen LogP contribution in [0.2, 0.25) is 5.02 Å². The molecule has 0 fully saturated rings. The molecule has 0 aliphatic carbocycles. The second-order valence-electron chi connectivity index (χ2n) is 5.90. The summed E-state index contributed by atoms with van der Waals surface area (Å²) in [5, 5.41) is -0.240. The van der Waals surface area contributed by atoms with Gasteiger partial charge in [0.05, 0.1) is 10.7 Å². The van der Waals surface area contributed by atoms with E-state index in [1.807, 2.05) is 0 Å². The minimum absolute atomic E-state index is 0.133. The first-order valence-electron chi connectivity index (χ1n) is 7.98. The number of halogens is 4. The number of hydrogen-bond acceptors (Lipinski definition) is 1. The molecule has 0 unspecified atom stereocenters. The molecule has 1 aromatic heterocycles. The van der Waals surface area contributed by atoms with Gasteiger partial charge in [0.1, 0.15) is 17.5 Å². The third-order valence-corrected chi connectivity index (χ3v) is 4.57. The highest BCUT2D eigenvalue weighted by molar-refractivity contribution is 6.33. The van der Waals surface area contributed by atoms with Crippen molar-refractivity contribution in [3.8, 4) is 22.4 Å². The summed E-state index contributed by atoms with van der Waals surface area (Å²) < 4.78 is 42.6. The standard InChI is InChI=1S/C20H15ClF3NO/c1-3-25-19(12-4-6-13(22)7-5-12)16(8-11(2)20(25)26)15-9-14(23)10-17(24)18(15)21/h4-10H,3H2,1-2H3. The second-order valence-corrected chi connectivity index (χ2v) is 6.27. The fourth-order valence-electron chi connectivity index (χ4n) is 2.98. The highest BCUT2D eigenvalue weighted by Gasteiger charge is 2.20. The van der Waals surface area contributed by atoms with Crippen LogP contribution in [0.3, 0.4) is 0 Å². The van der Waals surface area contributed by atoms with Crippen molar-refractivity contribution in [3.05, 3.63) is 80.9 Å². The molecule has 0 atom stereocenters. The van der Waals surface area contributed by atoms with Gasteiger partial charge in [0.25, 0.3) is 5.56 Å². The minimum atomic E-state index is -0.890. The topological polar surface area (TPSA) is 22.0 Å². The van der Waals surface area contributed by atoms with Crippen molar-refractivity contribution in [2.24, 2.45) is 0 Å². The van der Waals surface area contributed by atoms with E-state index < -0.39 is 17.5 Å². The van der Waals surface area contributed by atoms with Gasteiger partial charge in [-0.15, -0.1) is 0 Å². The Labute approximate surface area is 153 Å². The molecule has 0 aliphatic rings. The number of benzene rings is 2. The third kappa shape index (κ3) is 3.15. The van der Waals surface area contributed by atoms with Crippen molar-refractivity contribution < 1.29 is 13.2 Å². The molecule has 26 heavy (non-hydrogen) atoms. The van der Waals surface area contributed by atoms with Gasteiger partial charge in [-0.2, -0.15) is 0 Å². The lowest BCUT2D eigenvalue weighted by molar-refractivity contribution is 0.584. The summed E-state index contributed by atoms with van der Waals surface area (Å²) in [5.41, 5.74) is 1.68. The molecule has 3 rings (SSSR count). The number of hydrogen-bond donors (Lipinski definition) is 0. The fraction of sp³-hybridized carbons (Fsp3) is 0.150. The summed E-state index contributed by atoms with van der Waals surface area (Å²) in [7, 11) is 0. The van der Waals surface area contributed by atoms with E-state index in [9.17, 15) is 18.0 Å². The summed E-state index contributed by atoms with van der Waals surface area (Å²) in [4.78, 5) is 12.6. The van der Waals surface area contributed by atoms with Gasteiger partial charge < -0.3 is 4.57 Å². The van der Waals surface area contributed by atoms with Crippen LogP contribution < -0.4 is 5.56 Å². The Morgan fingerprint density at radius 2 is 1.62 bits per heavy atom. The molecule has 0 aliphatic heterocycles. The Kier molecular flexibility index (Phi) is 4.92. The van der Waals surface area contributed by atoms with E-state index in [1.54, 1.807) is 19.9 Å². The van der Waals surface area contributed by atoms with Crippen LogP contribution in [0.4, 0.5) is 13.2 Å². The van der Waals surface area contributed by atoms with Gasteiger partial charge in [-0.3, -0.25) is 4.79 Å². The molecule has 6 heteroatoms. The highest BCUT2D eigenvalue weighted by atomic mass is 35.5. The quantitative estimate of drug-likeness (QED) is 0.546. The first-order chi connectivity index (χ1) is 12.3. The van der Waals surface area contributed by atoms with Crippen molar-refractivity contribution in [3.63, 3.8) is 0 Å². The summed E-state index contributed by atoms with van der Waals surface area (Å²) in [6, 6.07) is 8.92. The van der Waals surface area contributed by atoms with Crippen LogP contribution in [0.1, 0.15) is 12.5 Å². The number of pyridine rings is 1. The molecule has 134 valence electrons. The minimum Gasteiger partial charge on any atom is -0.308 e. The number of nitrogens with zero attached hydrogens (tertiary/aromatic N) is 1. The summed E-state index contributed by atoms with van der Waals surface area (Å²) in [6.45, 7) is 3.73. The van der Waals surface area contributed by atoms with E-state index in [-0.39, 0.29) is 16.1 Å². The average molecular weight is 378 g/mol. The zero-order chi connectivity index (χ0) is 19.0. The van der Waals surface area contributed by atoms with Crippen molar-refractivity contribution in [2.45, 2.75) is 20.4 Å². The van der Waals surface area contributed by atoms with Crippen LogP contribution >= 0.6 is 11.6 Å². The van der Waals surface area contributed by atoms with Crippen LogP contribution in [-0.4, -0.2) is 4.57 Å². The Morgan fingerprint density at radius 1 is 0.962 bits per heavy atom. The summed E-state index contributed by atoms with van der Waals surface area (Å²) in [6.07, 6.45) is 0. The van der Waals surface area contributed by atoms with E-state index in [2.05, 4.69) is 0 Å². The van der Waals surface area contributed by atoms with Gasteiger partial charge in [-0.25, -0.2) is 13.2 Å². The molecular formula is C20H15ClF3NO. The van der Waals surface area contributed by atoms with E-state index in [4.69, 9.17) is 11.6 Å². The van der Waals surface area contributed by atoms with Gasteiger partial charge in [0.15, 0.2) is 0 Å². The lowest BCUT2D eigenvalue weighted by Crippen LogP contribution is -2.23. The van der Waals surface area contributed by atoms with Crippen molar-refractivity contribution in [1.82, 2.24) is 4.57 Å². The van der Waals surface area contributed by atoms with Gasteiger partial charge >= 0.3 is 0 Å². The Bertz CT molecular complexity index is 1040. The molecule has 1 heterocycles. The molecule has 0 radical (unpaired) electrons. The van der Waals surface area contributed by atoms with E-state index in [0.29, 0.717) is 35.0 Å². The molecule has 3 aromatic rings. The van der Waals surface area contributed by atoms with Gasteiger partial charge in [0, 0.05) is 29.3 Å². The zero-order valence-electron chi connectivity index (χ0n) is 14.1. The van der Waals surface area contributed by atoms with E-state index in [1.165, 1.54) is 28.8 Å². The molecule has 2 nitrogen and oxygen atoms in total. The summed E-state index contributed by atoms with van der Waals surface area (Å²) >= 11 is 6.08. The van der Waals surface area contributed by atoms with Crippen LogP contribution in [0.25, 0.3) is 22.4 Å². The smallest absolute Gasteiger partial charge is 0.253 e. The summed E-state index contributed by atoms with van der Waals surface area (Å²) in [5.74, 6) is -2.10. The highest BCUT2D eigenvalue weighted by Crippen LogP contribution is 2.37. The average Bonchev–Trinajstić information content (AvgIpc) is 2.61. The fourth-order valence-corrected chi connectivity index (χ4v) is 3.20. The zero-order valence-corrected chi connectivity index (χ0v) is 14.9. The molecular weight excluding hydrogens is 363 g/mol. The number of aryl methyl sites for hydroxylation is 1. The molecule has 0 N–H and O–H groups in total.